The number of rotatable bonds is 3. The van der Waals surface area contributed by atoms with Crippen LogP contribution >= 0.6 is 0 Å². The first kappa shape index (κ1) is 19.5. The first-order valence-electron chi connectivity index (χ1n) is 10.5. The second kappa shape index (κ2) is 9.11. The van der Waals surface area contributed by atoms with Crippen LogP contribution in [0.5, 0.6) is 0 Å². The number of hydrogen-bond donors (Lipinski definition) is 0. The SMILES string of the molecule is CN1CCN(CN2CC3=C(CCN(CC#Cc4ccccc4)C3)N(C)C2)CC1. The highest BCUT2D eigenvalue weighted by Gasteiger charge is 2.28. The summed E-state index contributed by atoms with van der Waals surface area (Å²) in [5, 5.41) is 0. The Balaban J connectivity index is 1.32. The van der Waals surface area contributed by atoms with Gasteiger partial charge in [0.25, 0.3) is 0 Å². The van der Waals surface area contributed by atoms with E-state index in [2.05, 4.69) is 74.7 Å². The molecule has 1 aromatic carbocycles. The van der Waals surface area contributed by atoms with Gasteiger partial charge in [-0.3, -0.25) is 14.7 Å². The van der Waals surface area contributed by atoms with Gasteiger partial charge in [0, 0.05) is 70.5 Å². The number of benzene rings is 1. The monoisotopic (exact) mass is 379 g/mol. The highest BCUT2D eigenvalue weighted by atomic mass is 15.4. The predicted molar refractivity (Wildman–Crippen MR) is 115 cm³/mol. The molecular weight excluding hydrogens is 346 g/mol. The lowest BCUT2D eigenvalue weighted by Gasteiger charge is -2.44. The fourth-order valence-corrected chi connectivity index (χ4v) is 4.47. The Morgan fingerprint density at radius 1 is 0.857 bits per heavy atom. The molecule has 0 atom stereocenters. The van der Waals surface area contributed by atoms with E-state index in [0.717, 1.165) is 51.5 Å². The third-order valence-corrected chi connectivity index (χ3v) is 6.08. The van der Waals surface area contributed by atoms with Crippen LogP contribution in [0.15, 0.2) is 41.6 Å². The Morgan fingerprint density at radius 2 is 1.61 bits per heavy atom. The van der Waals surface area contributed by atoms with Gasteiger partial charge in [-0.05, 0) is 24.8 Å². The summed E-state index contributed by atoms with van der Waals surface area (Å²) in [7, 11) is 4.48. The van der Waals surface area contributed by atoms with E-state index < -0.39 is 0 Å². The summed E-state index contributed by atoms with van der Waals surface area (Å²) >= 11 is 0. The predicted octanol–water partition coefficient (Wildman–Crippen LogP) is 1.41. The molecule has 3 aliphatic heterocycles. The van der Waals surface area contributed by atoms with Gasteiger partial charge in [-0.15, -0.1) is 0 Å². The highest BCUT2D eigenvalue weighted by molar-refractivity contribution is 5.34. The number of nitrogens with zero attached hydrogens (tertiary/aromatic N) is 5. The van der Waals surface area contributed by atoms with E-state index in [1.807, 2.05) is 6.07 Å². The molecule has 0 bridgehead atoms. The minimum Gasteiger partial charge on any atom is -0.365 e. The smallest absolute Gasteiger partial charge is 0.0714 e. The summed E-state index contributed by atoms with van der Waals surface area (Å²) in [6.07, 6.45) is 1.15. The van der Waals surface area contributed by atoms with Gasteiger partial charge in [0.05, 0.1) is 19.9 Å². The fraction of sp³-hybridized carbons (Fsp3) is 0.565. The van der Waals surface area contributed by atoms with Gasteiger partial charge in [0.2, 0.25) is 0 Å². The molecule has 5 heteroatoms. The molecule has 0 N–H and O–H groups in total. The molecule has 0 unspecified atom stereocenters. The Bertz CT molecular complexity index is 739. The van der Waals surface area contributed by atoms with Crippen molar-refractivity contribution in [3.8, 4) is 11.8 Å². The summed E-state index contributed by atoms with van der Waals surface area (Å²) < 4.78 is 0. The molecular formula is C23H33N5. The summed E-state index contributed by atoms with van der Waals surface area (Å²) in [6.45, 7) is 11.0. The van der Waals surface area contributed by atoms with Crippen LogP contribution in [0.2, 0.25) is 0 Å². The molecule has 28 heavy (non-hydrogen) atoms. The summed E-state index contributed by atoms with van der Waals surface area (Å²) in [5.41, 5.74) is 4.27. The lowest BCUT2D eigenvalue weighted by molar-refractivity contribution is 0.0519. The summed E-state index contributed by atoms with van der Waals surface area (Å²) in [5.74, 6) is 6.67. The summed E-state index contributed by atoms with van der Waals surface area (Å²) in [4.78, 5) is 12.6. The maximum Gasteiger partial charge on any atom is 0.0714 e. The van der Waals surface area contributed by atoms with Gasteiger partial charge >= 0.3 is 0 Å². The van der Waals surface area contributed by atoms with E-state index in [4.69, 9.17) is 0 Å². The van der Waals surface area contributed by atoms with Crippen molar-refractivity contribution in [3.05, 3.63) is 47.2 Å². The summed E-state index contributed by atoms with van der Waals surface area (Å²) in [6, 6.07) is 10.3. The molecule has 5 nitrogen and oxygen atoms in total. The van der Waals surface area contributed by atoms with Crippen molar-refractivity contribution >= 4 is 0 Å². The van der Waals surface area contributed by atoms with E-state index in [1.54, 1.807) is 11.3 Å². The molecule has 1 fully saturated rings. The van der Waals surface area contributed by atoms with E-state index in [0.29, 0.717) is 0 Å². The van der Waals surface area contributed by atoms with Crippen molar-refractivity contribution in [3.63, 3.8) is 0 Å². The Kier molecular flexibility index (Phi) is 6.33. The van der Waals surface area contributed by atoms with Crippen molar-refractivity contribution in [1.82, 2.24) is 24.5 Å². The molecule has 1 saturated heterocycles. The Labute approximate surface area is 170 Å². The lowest BCUT2D eigenvalue weighted by Crippen LogP contribution is -2.53. The average molecular weight is 380 g/mol. The molecule has 0 radical (unpaired) electrons. The first-order valence-corrected chi connectivity index (χ1v) is 10.5. The van der Waals surface area contributed by atoms with Gasteiger partial charge in [0.1, 0.15) is 0 Å². The second-order valence-electron chi connectivity index (χ2n) is 8.41. The lowest BCUT2D eigenvalue weighted by atomic mass is 10.0. The first-order chi connectivity index (χ1) is 13.7. The zero-order chi connectivity index (χ0) is 19.3. The molecule has 0 saturated carbocycles. The number of likely N-dealkylation sites (N-methyl/N-ethyl adjacent to an activating group) is 1. The van der Waals surface area contributed by atoms with E-state index >= 15 is 0 Å². The molecule has 3 heterocycles. The second-order valence-corrected chi connectivity index (χ2v) is 8.41. The Hall–Kier alpha value is -1.84. The minimum atomic E-state index is 0.855. The topological polar surface area (TPSA) is 16.2 Å². The molecule has 0 spiro atoms. The van der Waals surface area contributed by atoms with Crippen LogP contribution in [0, 0.1) is 11.8 Å². The average Bonchev–Trinajstić information content (AvgIpc) is 2.70. The molecule has 0 amide bonds. The largest absolute Gasteiger partial charge is 0.365 e. The maximum absolute atomic E-state index is 3.37. The van der Waals surface area contributed by atoms with E-state index in [9.17, 15) is 0 Å². The molecule has 3 aliphatic rings. The standard InChI is InChI=1S/C23H33N5/c1-24-13-15-27(16-14-24)20-28-18-22-17-26(12-10-23(22)25(2)19-28)11-6-9-21-7-4-3-5-8-21/h3-5,7-8H,10-20H2,1-2H3. The van der Waals surface area contributed by atoms with Crippen LogP contribution in [0.1, 0.15) is 12.0 Å². The van der Waals surface area contributed by atoms with Crippen molar-refractivity contribution in [2.24, 2.45) is 0 Å². The van der Waals surface area contributed by atoms with Crippen molar-refractivity contribution in [2.75, 3.05) is 79.8 Å². The zero-order valence-electron chi connectivity index (χ0n) is 17.4. The van der Waals surface area contributed by atoms with Crippen molar-refractivity contribution < 1.29 is 0 Å². The van der Waals surface area contributed by atoms with Crippen LogP contribution in [0.4, 0.5) is 0 Å². The fourth-order valence-electron chi connectivity index (χ4n) is 4.47. The van der Waals surface area contributed by atoms with Crippen molar-refractivity contribution in [1.29, 1.82) is 0 Å². The van der Waals surface area contributed by atoms with Gasteiger partial charge in [-0.2, -0.15) is 0 Å². The molecule has 150 valence electrons. The van der Waals surface area contributed by atoms with Gasteiger partial charge in [0.15, 0.2) is 0 Å². The van der Waals surface area contributed by atoms with Crippen LogP contribution in [0.25, 0.3) is 0 Å². The Morgan fingerprint density at radius 3 is 2.39 bits per heavy atom. The van der Waals surface area contributed by atoms with E-state index in [-0.39, 0.29) is 0 Å². The maximum atomic E-state index is 3.37. The minimum absolute atomic E-state index is 0.855. The van der Waals surface area contributed by atoms with Crippen LogP contribution in [-0.2, 0) is 0 Å². The molecule has 0 aliphatic carbocycles. The van der Waals surface area contributed by atoms with Gasteiger partial charge in [-0.1, -0.05) is 30.0 Å². The van der Waals surface area contributed by atoms with Crippen LogP contribution < -0.4 is 0 Å². The number of hydrogen-bond acceptors (Lipinski definition) is 5. The van der Waals surface area contributed by atoms with Gasteiger partial charge in [-0.25, -0.2) is 0 Å². The van der Waals surface area contributed by atoms with Crippen molar-refractivity contribution in [2.45, 2.75) is 6.42 Å². The molecule has 4 rings (SSSR count). The van der Waals surface area contributed by atoms with E-state index in [1.165, 1.54) is 26.2 Å². The van der Waals surface area contributed by atoms with Gasteiger partial charge < -0.3 is 9.80 Å². The van der Waals surface area contributed by atoms with Crippen LogP contribution in [-0.4, -0.2) is 104 Å². The molecule has 0 aromatic heterocycles. The van der Waals surface area contributed by atoms with Crippen LogP contribution in [0.3, 0.4) is 0 Å². The quantitative estimate of drug-likeness (QED) is 0.736. The molecule has 1 aromatic rings. The normalized spacial score (nSPS) is 22.7. The zero-order valence-corrected chi connectivity index (χ0v) is 17.4. The highest BCUT2D eigenvalue weighted by Crippen LogP contribution is 2.25. The third kappa shape index (κ3) is 4.95. The third-order valence-electron chi connectivity index (χ3n) is 6.08. The number of piperazine rings is 1.